The van der Waals surface area contributed by atoms with Crippen molar-refractivity contribution in [3.63, 3.8) is 0 Å². The second kappa shape index (κ2) is 14.2. The van der Waals surface area contributed by atoms with Gasteiger partial charge in [-0.3, -0.25) is 0 Å². The minimum absolute atomic E-state index is 0.704. The van der Waals surface area contributed by atoms with Gasteiger partial charge in [-0.1, -0.05) is 170 Å². The van der Waals surface area contributed by atoms with Gasteiger partial charge in [-0.2, -0.15) is 0 Å². The van der Waals surface area contributed by atoms with Gasteiger partial charge < -0.3 is 9.13 Å². The summed E-state index contributed by atoms with van der Waals surface area (Å²) in [5, 5.41) is 7.38. The highest BCUT2D eigenvalue weighted by Gasteiger charge is 2.23. The van der Waals surface area contributed by atoms with E-state index in [1.54, 1.807) is 0 Å². The third-order valence-electron chi connectivity index (χ3n) is 12.5. The average Bonchev–Trinajstić information content (AvgIpc) is 4.01. The standard InChI is InChI=1S/C58H36N4S/c1-5-17-37(18-6-1)41-31-42(38-19-7-2-8-20-38)33-43(32-41)61-50-27-15-14-26-45(50)48-34-49-47-30-29-46-44-25-13-16-28-51(44)62(56(46)57(47)63-54(49)35-52(48)61)53-36-59-58(40-23-11-4-12-24-40)60-55(53)39-21-9-3-10-22-39/h1-36H. The SMILES string of the molecule is c1ccc(-c2cc(-c3ccccc3)cc(-n3c4ccccc4c4cc5c(cc43)sc3c5ccc4c5ccccc5n(-c5cnc(-c6ccccc6)nc5-c5ccccc5)c43)c2)cc1. The molecule has 4 heterocycles. The lowest BCUT2D eigenvalue weighted by Gasteiger charge is -2.14. The predicted molar refractivity (Wildman–Crippen MR) is 265 cm³/mol. The van der Waals surface area contributed by atoms with Crippen molar-refractivity contribution in [2.45, 2.75) is 0 Å². The summed E-state index contributed by atoms with van der Waals surface area (Å²) in [6, 6.07) is 76.3. The minimum atomic E-state index is 0.704. The van der Waals surface area contributed by atoms with Gasteiger partial charge in [-0.25, -0.2) is 9.97 Å². The Morgan fingerprint density at radius 3 is 1.56 bits per heavy atom. The van der Waals surface area contributed by atoms with Crippen molar-refractivity contribution < 1.29 is 0 Å². The monoisotopic (exact) mass is 820 g/mol. The van der Waals surface area contributed by atoms with E-state index in [0.29, 0.717) is 5.82 Å². The molecular weight excluding hydrogens is 785 g/mol. The zero-order valence-corrected chi connectivity index (χ0v) is 34.8. The molecule has 294 valence electrons. The molecule has 13 rings (SSSR count). The second-order valence-electron chi connectivity index (χ2n) is 16.2. The quantitative estimate of drug-likeness (QED) is 0.167. The van der Waals surface area contributed by atoms with Crippen LogP contribution >= 0.6 is 11.3 Å². The first-order valence-corrected chi connectivity index (χ1v) is 22.1. The van der Waals surface area contributed by atoms with Gasteiger partial charge in [0, 0.05) is 53.8 Å². The fourth-order valence-corrected chi connectivity index (χ4v) is 10.9. The first-order valence-electron chi connectivity index (χ1n) is 21.3. The molecule has 0 radical (unpaired) electrons. The van der Waals surface area contributed by atoms with Gasteiger partial charge in [0.05, 0.1) is 44.3 Å². The number of nitrogens with zero attached hydrogens (tertiary/aromatic N) is 4. The molecule has 0 amide bonds. The maximum Gasteiger partial charge on any atom is 0.159 e. The van der Waals surface area contributed by atoms with E-state index in [-0.39, 0.29) is 0 Å². The normalized spacial score (nSPS) is 11.8. The molecule has 0 saturated carbocycles. The van der Waals surface area contributed by atoms with Gasteiger partial charge >= 0.3 is 0 Å². The summed E-state index contributed by atoms with van der Waals surface area (Å²) in [7, 11) is 0. The lowest BCUT2D eigenvalue weighted by atomic mass is 9.98. The van der Waals surface area contributed by atoms with E-state index >= 15 is 0 Å². The van der Waals surface area contributed by atoms with Crippen LogP contribution in [0.25, 0.3) is 120 Å². The summed E-state index contributed by atoms with van der Waals surface area (Å²) in [4.78, 5) is 10.4. The summed E-state index contributed by atoms with van der Waals surface area (Å²) in [5.74, 6) is 0.704. The third-order valence-corrected chi connectivity index (χ3v) is 13.7. The highest BCUT2D eigenvalue weighted by molar-refractivity contribution is 7.26. The lowest BCUT2D eigenvalue weighted by molar-refractivity contribution is 1.09. The molecule has 4 nitrogen and oxygen atoms in total. The first kappa shape index (κ1) is 35.6. The van der Waals surface area contributed by atoms with Crippen molar-refractivity contribution in [1.29, 1.82) is 0 Å². The molecule has 0 unspecified atom stereocenters. The van der Waals surface area contributed by atoms with Gasteiger partial charge in [0.2, 0.25) is 0 Å². The van der Waals surface area contributed by atoms with Crippen LogP contribution in [0, 0.1) is 0 Å². The molecule has 0 N–H and O–H groups in total. The van der Waals surface area contributed by atoms with Crippen molar-refractivity contribution in [1.82, 2.24) is 19.1 Å². The highest BCUT2D eigenvalue weighted by atomic mass is 32.1. The number of hydrogen-bond acceptors (Lipinski definition) is 3. The molecule has 0 saturated heterocycles. The lowest BCUT2D eigenvalue weighted by Crippen LogP contribution is -2.02. The van der Waals surface area contributed by atoms with Crippen molar-refractivity contribution in [2.75, 3.05) is 0 Å². The molecule has 63 heavy (non-hydrogen) atoms. The number of fused-ring (bicyclic) bond motifs is 10. The molecule has 0 aliphatic rings. The van der Waals surface area contributed by atoms with Crippen LogP contribution in [0.5, 0.6) is 0 Å². The van der Waals surface area contributed by atoms with Crippen LogP contribution in [-0.2, 0) is 0 Å². The van der Waals surface area contributed by atoms with E-state index in [0.717, 1.165) is 33.7 Å². The van der Waals surface area contributed by atoms with Gasteiger partial charge in [-0.15, -0.1) is 11.3 Å². The molecular formula is C58H36N4S. The Hall–Kier alpha value is -8.12. The van der Waals surface area contributed by atoms with Gasteiger partial charge in [0.25, 0.3) is 0 Å². The van der Waals surface area contributed by atoms with E-state index in [1.807, 2.05) is 35.7 Å². The molecule has 0 fully saturated rings. The first-order chi connectivity index (χ1) is 31.2. The Morgan fingerprint density at radius 2 is 0.905 bits per heavy atom. The Bertz CT molecular complexity index is 3830. The van der Waals surface area contributed by atoms with Crippen molar-refractivity contribution in [2.24, 2.45) is 0 Å². The summed E-state index contributed by atoms with van der Waals surface area (Å²) in [5.41, 5.74) is 14.4. The fourth-order valence-electron chi connectivity index (χ4n) is 9.68. The third kappa shape index (κ3) is 5.67. The molecule has 9 aromatic carbocycles. The molecule has 0 spiro atoms. The molecule has 5 heteroatoms. The second-order valence-corrected chi connectivity index (χ2v) is 17.2. The molecule has 0 aliphatic carbocycles. The van der Waals surface area contributed by atoms with Crippen LogP contribution in [-0.4, -0.2) is 19.1 Å². The Balaban J connectivity index is 1.09. The van der Waals surface area contributed by atoms with Crippen LogP contribution in [0.1, 0.15) is 0 Å². The average molecular weight is 821 g/mol. The largest absolute Gasteiger partial charge is 0.309 e. The number of para-hydroxylation sites is 2. The van der Waals surface area contributed by atoms with Crippen LogP contribution in [0.3, 0.4) is 0 Å². The van der Waals surface area contributed by atoms with Gasteiger partial charge in [0.15, 0.2) is 5.82 Å². The minimum Gasteiger partial charge on any atom is -0.309 e. The molecule has 0 aliphatic heterocycles. The Morgan fingerprint density at radius 1 is 0.365 bits per heavy atom. The maximum absolute atomic E-state index is 5.32. The van der Waals surface area contributed by atoms with Crippen molar-refractivity contribution in [3.8, 4) is 56.3 Å². The number of thiophene rings is 1. The van der Waals surface area contributed by atoms with Crippen LogP contribution in [0.2, 0.25) is 0 Å². The Kier molecular flexibility index (Phi) is 8.05. The van der Waals surface area contributed by atoms with Crippen molar-refractivity contribution >= 4 is 75.1 Å². The van der Waals surface area contributed by atoms with Crippen molar-refractivity contribution in [3.05, 3.63) is 219 Å². The summed E-state index contributed by atoms with van der Waals surface area (Å²) >= 11 is 1.87. The number of benzene rings is 9. The zero-order chi connectivity index (χ0) is 41.4. The smallest absolute Gasteiger partial charge is 0.159 e. The highest BCUT2D eigenvalue weighted by Crippen LogP contribution is 2.46. The maximum atomic E-state index is 5.32. The van der Waals surface area contributed by atoms with E-state index < -0.39 is 0 Å². The molecule has 4 aromatic heterocycles. The summed E-state index contributed by atoms with van der Waals surface area (Å²) < 4.78 is 7.37. The molecule has 0 bridgehead atoms. The zero-order valence-electron chi connectivity index (χ0n) is 34.0. The summed E-state index contributed by atoms with van der Waals surface area (Å²) in [6.07, 6.45) is 2.02. The molecule has 0 atom stereocenters. The van der Waals surface area contributed by atoms with Crippen LogP contribution < -0.4 is 0 Å². The number of aromatic nitrogens is 4. The topological polar surface area (TPSA) is 35.6 Å². The van der Waals surface area contributed by atoms with Crippen LogP contribution in [0.15, 0.2) is 219 Å². The summed E-state index contributed by atoms with van der Waals surface area (Å²) in [6.45, 7) is 0. The van der Waals surface area contributed by atoms with E-state index in [4.69, 9.17) is 9.97 Å². The van der Waals surface area contributed by atoms with Gasteiger partial charge in [0.1, 0.15) is 0 Å². The van der Waals surface area contributed by atoms with E-state index in [1.165, 1.54) is 80.5 Å². The Labute approximate surface area is 367 Å². The van der Waals surface area contributed by atoms with Crippen LogP contribution in [0.4, 0.5) is 0 Å². The van der Waals surface area contributed by atoms with E-state index in [9.17, 15) is 0 Å². The fraction of sp³-hybridized carbons (Fsp3) is 0. The predicted octanol–water partition coefficient (Wildman–Crippen LogP) is 15.7. The molecule has 13 aromatic rings. The van der Waals surface area contributed by atoms with E-state index in [2.05, 4.69) is 203 Å². The van der Waals surface area contributed by atoms with Gasteiger partial charge in [-0.05, 0) is 64.7 Å². The number of hydrogen-bond donors (Lipinski definition) is 0. The number of rotatable bonds is 6.